The highest BCUT2D eigenvalue weighted by molar-refractivity contribution is 7.99. The third-order valence-electron chi connectivity index (χ3n) is 5.59. The molecule has 1 aliphatic carbocycles. The molecule has 3 heteroatoms. The molecule has 0 amide bonds. The predicted molar refractivity (Wildman–Crippen MR) is 133 cm³/mol. The highest BCUT2D eigenvalue weighted by Gasteiger charge is 2.26. The SMILES string of the molecule is CCCCCCCCSCC1=CC(C)(CSCCCCCCCC)CC=C1O. The minimum absolute atomic E-state index is 0.217. The summed E-state index contributed by atoms with van der Waals surface area (Å²) in [7, 11) is 0. The van der Waals surface area contributed by atoms with Gasteiger partial charge in [0.25, 0.3) is 0 Å². The standard InChI is InChI=1S/C25H46OS2/c1-4-6-8-10-12-14-18-27-21-23-20-25(3,17-16-24(23)26)22-28-19-15-13-11-9-7-5-2/h16,20,26H,4-15,17-19,21-22H2,1-3H3. The van der Waals surface area contributed by atoms with Crippen molar-refractivity contribution >= 4 is 23.5 Å². The number of thioether (sulfide) groups is 2. The van der Waals surface area contributed by atoms with Gasteiger partial charge in [0.05, 0.1) is 0 Å². The van der Waals surface area contributed by atoms with Crippen LogP contribution in [0.25, 0.3) is 0 Å². The molecule has 0 aliphatic heterocycles. The van der Waals surface area contributed by atoms with E-state index in [9.17, 15) is 5.11 Å². The van der Waals surface area contributed by atoms with Crippen molar-refractivity contribution in [2.45, 2.75) is 104 Å². The van der Waals surface area contributed by atoms with E-state index in [0.29, 0.717) is 5.76 Å². The lowest BCUT2D eigenvalue weighted by atomic mass is 9.83. The maximum atomic E-state index is 10.3. The molecule has 0 aromatic rings. The second-order valence-electron chi connectivity index (χ2n) is 8.76. The highest BCUT2D eigenvalue weighted by atomic mass is 32.2. The zero-order chi connectivity index (χ0) is 20.5. The van der Waals surface area contributed by atoms with Gasteiger partial charge in [0.1, 0.15) is 5.76 Å². The Morgan fingerprint density at radius 2 is 1.36 bits per heavy atom. The molecule has 0 aromatic carbocycles. The molecule has 1 nitrogen and oxygen atoms in total. The topological polar surface area (TPSA) is 20.2 Å². The molecule has 0 radical (unpaired) electrons. The van der Waals surface area contributed by atoms with Crippen molar-refractivity contribution in [1.29, 1.82) is 0 Å². The average Bonchev–Trinajstić information content (AvgIpc) is 2.69. The monoisotopic (exact) mass is 426 g/mol. The van der Waals surface area contributed by atoms with Gasteiger partial charge in [-0.3, -0.25) is 0 Å². The summed E-state index contributed by atoms with van der Waals surface area (Å²) in [6.45, 7) is 6.92. The van der Waals surface area contributed by atoms with Crippen LogP contribution >= 0.6 is 23.5 Å². The molecule has 0 saturated carbocycles. The van der Waals surface area contributed by atoms with Gasteiger partial charge in [0.2, 0.25) is 0 Å². The Morgan fingerprint density at radius 1 is 0.821 bits per heavy atom. The van der Waals surface area contributed by atoms with Crippen molar-refractivity contribution in [1.82, 2.24) is 0 Å². The van der Waals surface area contributed by atoms with Crippen LogP contribution in [0.5, 0.6) is 0 Å². The van der Waals surface area contributed by atoms with Crippen molar-refractivity contribution in [2.24, 2.45) is 5.41 Å². The Morgan fingerprint density at radius 3 is 1.96 bits per heavy atom. The summed E-state index contributed by atoms with van der Waals surface area (Å²) in [4.78, 5) is 0. The second kappa shape index (κ2) is 16.7. The van der Waals surface area contributed by atoms with E-state index in [1.807, 2.05) is 11.8 Å². The number of hydrogen-bond donors (Lipinski definition) is 1. The molecule has 0 aromatic heterocycles. The van der Waals surface area contributed by atoms with Gasteiger partial charge in [-0.15, -0.1) is 0 Å². The molecule has 0 heterocycles. The maximum absolute atomic E-state index is 10.3. The molecule has 1 atom stereocenters. The Bertz CT molecular complexity index is 444. The second-order valence-corrected chi connectivity index (χ2v) is 11.0. The molecule has 0 fully saturated rings. The fraction of sp³-hybridized carbons (Fsp3) is 0.840. The Hall–Kier alpha value is -0.0200. The lowest BCUT2D eigenvalue weighted by molar-refractivity contribution is 0.392. The number of aliphatic hydroxyl groups excluding tert-OH is 1. The van der Waals surface area contributed by atoms with E-state index in [4.69, 9.17) is 0 Å². The van der Waals surface area contributed by atoms with Gasteiger partial charge in [-0.25, -0.2) is 0 Å². The molecule has 0 saturated heterocycles. The van der Waals surface area contributed by atoms with Gasteiger partial charge in [-0.1, -0.05) is 91.1 Å². The number of hydrogen-bond acceptors (Lipinski definition) is 3. The first-order chi connectivity index (χ1) is 13.6. The first-order valence-electron chi connectivity index (χ1n) is 11.9. The first kappa shape index (κ1) is 26.0. The van der Waals surface area contributed by atoms with Crippen LogP contribution in [0.2, 0.25) is 0 Å². The zero-order valence-electron chi connectivity index (χ0n) is 18.9. The van der Waals surface area contributed by atoms with Crippen LogP contribution in [0.1, 0.15) is 104 Å². The number of allylic oxidation sites excluding steroid dienone is 3. The van der Waals surface area contributed by atoms with Crippen LogP contribution in [-0.2, 0) is 0 Å². The maximum Gasteiger partial charge on any atom is 0.115 e. The zero-order valence-corrected chi connectivity index (χ0v) is 20.6. The molecule has 28 heavy (non-hydrogen) atoms. The summed E-state index contributed by atoms with van der Waals surface area (Å²) in [5.74, 6) is 5.19. The lowest BCUT2D eigenvalue weighted by Gasteiger charge is -2.29. The van der Waals surface area contributed by atoms with Crippen LogP contribution in [0, 0.1) is 5.41 Å². The van der Waals surface area contributed by atoms with Crippen LogP contribution < -0.4 is 0 Å². The summed E-state index contributed by atoms with van der Waals surface area (Å²) in [5.41, 5.74) is 1.39. The molecular formula is C25H46OS2. The van der Waals surface area contributed by atoms with E-state index in [1.54, 1.807) is 0 Å². The number of unbranched alkanes of at least 4 members (excludes halogenated alkanes) is 10. The van der Waals surface area contributed by atoms with Crippen LogP contribution in [0.15, 0.2) is 23.5 Å². The normalized spacial score (nSPS) is 19.5. The van der Waals surface area contributed by atoms with Crippen molar-refractivity contribution < 1.29 is 5.11 Å². The van der Waals surface area contributed by atoms with Crippen molar-refractivity contribution in [3.8, 4) is 0 Å². The summed E-state index contributed by atoms with van der Waals surface area (Å²) >= 11 is 4.10. The highest BCUT2D eigenvalue weighted by Crippen LogP contribution is 2.36. The molecule has 0 spiro atoms. The molecule has 0 bridgehead atoms. The predicted octanol–water partition coefficient (Wildman–Crippen LogP) is 8.95. The van der Waals surface area contributed by atoms with Gasteiger partial charge >= 0.3 is 0 Å². The Balaban J connectivity index is 2.19. The summed E-state index contributed by atoms with van der Waals surface area (Å²) in [6, 6.07) is 0. The Labute approximate surface area is 184 Å². The van der Waals surface area contributed by atoms with E-state index >= 15 is 0 Å². The summed E-state index contributed by atoms with van der Waals surface area (Å²) in [6.07, 6.45) is 21.9. The van der Waals surface area contributed by atoms with E-state index in [0.717, 1.165) is 12.2 Å². The molecule has 1 unspecified atom stereocenters. The number of aliphatic hydroxyl groups is 1. The van der Waals surface area contributed by atoms with Gasteiger partial charge in [-0.2, -0.15) is 23.5 Å². The smallest absolute Gasteiger partial charge is 0.115 e. The van der Waals surface area contributed by atoms with Gasteiger partial charge in [-0.05, 0) is 42.3 Å². The largest absolute Gasteiger partial charge is 0.508 e. The average molecular weight is 427 g/mol. The van der Waals surface area contributed by atoms with Gasteiger partial charge < -0.3 is 5.11 Å². The van der Waals surface area contributed by atoms with Crippen molar-refractivity contribution in [3.05, 3.63) is 23.5 Å². The van der Waals surface area contributed by atoms with Crippen LogP contribution in [0.4, 0.5) is 0 Å². The van der Waals surface area contributed by atoms with E-state index in [-0.39, 0.29) is 5.41 Å². The summed E-state index contributed by atoms with van der Waals surface area (Å²) < 4.78 is 0. The minimum Gasteiger partial charge on any atom is -0.508 e. The minimum atomic E-state index is 0.217. The first-order valence-corrected chi connectivity index (χ1v) is 14.2. The van der Waals surface area contributed by atoms with Crippen LogP contribution in [-0.4, -0.2) is 28.1 Å². The van der Waals surface area contributed by atoms with Crippen molar-refractivity contribution in [3.63, 3.8) is 0 Å². The fourth-order valence-corrected chi connectivity index (χ4v) is 5.91. The third-order valence-corrected chi connectivity index (χ3v) is 8.12. The molecule has 1 rings (SSSR count). The molecule has 1 aliphatic rings. The molecule has 1 N–H and O–H groups in total. The molecular weight excluding hydrogens is 380 g/mol. The van der Waals surface area contributed by atoms with Crippen LogP contribution in [0.3, 0.4) is 0 Å². The lowest BCUT2D eigenvalue weighted by Crippen LogP contribution is -2.21. The third kappa shape index (κ3) is 12.5. The molecule has 164 valence electrons. The van der Waals surface area contributed by atoms with E-state index in [1.165, 1.54) is 99.9 Å². The quantitative estimate of drug-likeness (QED) is 0.221. The van der Waals surface area contributed by atoms with E-state index < -0.39 is 0 Å². The van der Waals surface area contributed by atoms with Crippen molar-refractivity contribution in [2.75, 3.05) is 23.0 Å². The van der Waals surface area contributed by atoms with Gasteiger partial charge in [0, 0.05) is 17.1 Å². The fourth-order valence-electron chi connectivity index (χ4n) is 3.69. The number of rotatable bonds is 18. The Kier molecular flexibility index (Phi) is 15.6. The summed E-state index contributed by atoms with van der Waals surface area (Å²) in [5, 5.41) is 10.3. The van der Waals surface area contributed by atoms with Gasteiger partial charge in [0.15, 0.2) is 0 Å². The van der Waals surface area contributed by atoms with E-state index in [2.05, 4.69) is 44.7 Å².